The average molecular weight is 517 g/mol. The predicted octanol–water partition coefficient (Wildman–Crippen LogP) is 5.63. The molecule has 0 saturated heterocycles. The summed E-state index contributed by atoms with van der Waals surface area (Å²) >= 11 is 0. The number of methoxy groups -OCH3 is 4. The molecule has 0 aliphatic carbocycles. The van der Waals surface area contributed by atoms with Gasteiger partial charge in [0.2, 0.25) is 5.91 Å². The van der Waals surface area contributed by atoms with Crippen molar-refractivity contribution in [3.05, 3.63) is 95.8 Å². The quantitative estimate of drug-likeness (QED) is 0.234. The minimum absolute atomic E-state index is 0.0456. The molecule has 1 amide bonds. The highest BCUT2D eigenvalue weighted by molar-refractivity contribution is 5.91. The molecule has 2 aromatic carbocycles. The van der Waals surface area contributed by atoms with E-state index in [0.717, 1.165) is 36.0 Å². The lowest BCUT2D eigenvalue weighted by Gasteiger charge is -2.18. The fraction of sp³-hybridized carbons (Fsp3) is 0.290. The normalized spacial score (nSPS) is 11.5. The monoisotopic (exact) mass is 516 g/mol. The Kier molecular flexibility index (Phi) is 10.8. The number of carbonyl (C=O) groups is 1. The van der Waals surface area contributed by atoms with Gasteiger partial charge in [0.25, 0.3) is 0 Å². The number of pyridine rings is 1. The molecule has 1 aromatic heterocycles. The number of amides is 1. The van der Waals surface area contributed by atoms with E-state index in [-0.39, 0.29) is 11.9 Å². The third-order valence-electron chi connectivity index (χ3n) is 6.11. The Morgan fingerprint density at radius 1 is 0.895 bits per heavy atom. The van der Waals surface area contributed by atoms with E-state index in [1.165, 1.54) is 11.6 Å². The van der Waals surface area contributed by atoms with Gasteiger partial charge in [-0.3, -0.25) is 9.78 Å². The third kappa shape index (κ3) is 7.38. The van der Waals surface area contributed by atoms with Crippen molar-refractivity contribution in [2.45, 2.75) is 32.2 Å². The minimum Gasteiger partial charge on any atom is -0.493 e. The number of nitrogens with one attached hydrogen (secondary N) is 1. The highest BCUT2D eigenvalue weighted by atomic mass is 16.5. The zero-order valence-corrected chi connectivity index (χ0v) is 22.7. The van der Waals surface area contributed by atoms with E-state index in [2.05, 4.69) is 16.4 Å². The van der Waals surface area contributed by atoms with Gasteiger partial charge in [-0.25, -0.2) is 0 Å². The summed E-state index contributed by atoms with van der Waals surface area (Å²) in [6.07, 6.45) is 11.5. The molecule has 0 saturated carbocycles. The number of carbonyl (C=O) groups excluding carboxylic acids is 1. The molecular weight excluding hydrogens is 480 g/mol. The maximum absolute atomic E-state index is 12.7. The number of ether oxygens (including phenoxy) is 4. The molecule has 0 aliphatic rings. The Morgan fingerprint density at radius 3 is 2.05 bits per heavy atom. The number of para-hydroxylation sites is 2. The average Bonchev–Trinajstić information content (AvgIpc) is 2.94. The van der Waals surface area contributed by atoms with Crippen LogP contribution in [0.2, 0.25) is 0 Å². The van der Waals surface area contributed by atoms with Crippen LogP contribution in [-0.2, 0) is 11.2 Å². The van der Waals surface area contributed by atoms with E-state index in [4.69, 9.17) is 18.9 Å². The highest BCUT2D eigenvalue weighted by Gasteiger charge is 2.19. The molecule has 38 heavy (non-hydrogen) atoms. The van der Waals surface area contributed by atoms with Crippen LogP contribution in [-0.4, -0.2) is 45.4 Å². The largest absolute Gasteiger partial charge is 0.493 e. The van der Waals surface area contributed by atoms with Crippen molar-refractivity contribution in [3.8, 4) is 23.0 Å². The first-order chi connectivity index (χ1) is 18.5. The van der Waals surface area contributed by atoms with Crippen LogP contribution in [0.15, 0.2) is 79.2 Å². The Balaban J connectivity index is 1.83. The smallest absolute Gasteiger partial charge is 0.244 e. The van der Waals surface area contributed by atoms with E-state index in [0.29, 0.717) is 23.0 Å². The zero-order chi connectivity index (χ0) is 27.3. The summed E-state index contributed by atoms with van der Waals surface area (Å²) in [5.41, 5.74) is 3.55. The summed E-state index contributed by atoms with van der Waals surface area (Å²) in [6, 6.07) is 15.4. The fourth-order valence-electron chi connectivity index (χ4n) is 4.28. The van der Waals surface area contributed by atoms with E-state index >= 15 is 0 Å². The number of nitrogens with zero attached hydrogens (tertiary/aromatic N) is 1. The van der Waals surface area contributed by atoms with E-state index in [1.807, 2.05) is 61.7 Å². The van der Waals surface area contributed by atoms with Crippen molar-refractivity contribution in [1.29, 1.82) is 0 Å². The second-order valence-electron chi connectivity index (χ2n) is 8.68. The Bertz CT molecular complexity index is 1200. The molecular formula is C31H36N2O5. The number of aromatic nitrogens is 1. The Hall–Kier alpha value is -4.26. The lowest BCUT2D eigenvalue weighted by molar-refractivity contribution is -0.117. The van der Waals surface area contributed by atoms with Gasteiger partial charge in [-0.2, -0.15) is 0 Å². The highest BCUT2D eigenvalue weighted by Crippen LogP contribution is 2.43. The van der Waals surface area contributed by atoms with Crippen LogP contribution in [0.3, 0.4) is 0 Å². The first-order valence-electron chi connectivity index (χ1n) is 12.5. The van der Waals surface area contributed by atoms with Gasteiger partial charge in [0.05, 0.1) is 28.4 Å². The molecule has 0 unspecified atom stereocenters. The summed E-state index contributed by atoms with van der Waals surface area (Å²) in [7, 11) is 6.39. The summed E-state index contributed by atoms with van der Waals surface area (Å²) < 4.78 is 22.4. The predicted molar refractivity (Wildman–Crippen MR) is 150 cm³/mol. The fourth-order valence-corrected chi connectivity index (χ4v) is 4.28. The molecule has 1 N–H and O–H groups in total. The Morgan fingerprint density at radius 2 is 1.53 bits per heavy atom. The van der Waals surface area contributed by atoms with E-state index in [9.17, 15) is 4.79 Å². The molecule has 0 fully saturated rings. The van der Waals surface area contributed by atoms with Gasteiger partial charge < -0.3 is 24.3 Å². The molecule has 200 valence electrons. The summed E-state index contributed by atoms with van der Waals surface area (Å²) in [5, 5.41) is 3.04. The van der Waals surface area contributed by atoms with Crippen LogP contribution in [0, 0.1) is 0 Å². The Labute approximate surface area is 225 Å². The third-order valence-corrected chi connectivity index (χ3v) is 6.11. The van der Waals surface area contributed by atoms with Crippen LogP contribution in [0.1, 0.15) is 36.5 Å². The van der Waals surface area contributed by atoms with Crippen molar-refractivity contribution < 1.29 is 23.7 Å². The van der Waals surface area contributed by atoms with Gasteiger partial charge in [-0.15, -0.1) is 0 Å². The van der Waals surface area contributed by atoms with Crippen LogP contribution < -0.4 is 24.3 Å². The second kappa shape index (κ2) is 14.5. The summed E-state index contributed by atoms with van der Waals surface area (Å²) in [6.45, 7) is 2.01. The standard InChI is InChI=1S/C31H36N2O5/c1-22(11-6-12-23-13-10-20-32-21-23)33-29(34)19-9-14-24(25-15-7-17-27(35-2)30(25)37-4)26-16-8-18-28(36-3)31(26)38-5/h7-10,13-22H,6,11-12H2,1-5H3,(H,33,34)/b19-9+/t22-/m1/s1. The number of hydrogen-bond acceptors (Lipinski definition) is 6. The molecule has 0 aliphatic heterocycles. The molecule has 0 spiro atoms. The number of hydrogen-bond donors (Lipinski definition) is 1. The number of rotatable bonds is 13. The molecule has 7 nitrogen and oxygen atoms in total. The van der Waals surface area contributed by atoms with Gasteiger partial charge in [0.15, 0.2) is 23.0 Å². The van der Waals surface area contributed by atoms with Crippen molar-refractivity contribution in [3.63, 3.8) is 0 Å². The summed E-state index contributed by atoms with van der Waals surface area (Å²) in [4.78, 5) is 16.8. The molecule has 0 bridgehead atoms. The first-order valence-corrected chi connectivity index (χ1v) is 12.5. The topological polar surface area (TPSA) is 78.9 Å². The molecule has 0 radical (unpaired) electrons. The number of benzene rings is 2. The van der Waals surface area contributed by atoms with Crippen LogP contribution in [0.5, 0.6) is 23.0 Å². The van der Waals surface area contributed by atoms with Gasteiger partial charge >= 0.3 is 0 Å². The minimum atomic E-state index is -0.162. The lowest BCUT2D eigenvalue weighted by atomic mass is 9.95. The SMILES string of the molecule is COc1cccc(C(=C/C=C/C(=O)N[C@H](C)CCCc2cccnc2)c2cccc(OC)c2OC)c1OC. The second-order valence-corrected chi connectivity index (χ2v) is 8.68. The van der Waals surface area contributed by atoms with Crippen molar-refractivity contribution in [1.82, 2.24) is 10.3 Å². The van der Waals surface area contributed by atoms with E-state index in [1.54, 1.807) is 40.7 Å². The maximum Gasteiger partial charge on any atom is 0.244 e. The van der Waals surface area contributed by atoms with Crippen molar-refractivity contribution in [2.75, 3.05) is 28.4 Å². The molecule has 3 aromatic rings. The van der Waals surface area contributed by atoms with Crippen molar-refractivity contribution >= 4 is 11.5 Å². The van der Waals surface area contributed by atoms with E-state index < -0.39 is 0 Å². The van der Waals surface area contributed by atoms with Gasteiger partial charge in [0, 0.05) is 35.6 Å². The number of aryl methyl sites for hydroxylation is 1. The van der Waals surface area contributed by atoms with Crippen LogP contribution in [0.4, 0.5) is 0 Å². The van der Waals surface area contributed by atoms with Gasteiger partial charge in [-0.05, 0) is 55.5 Å². The maximum atomic E-state index is 12.7. The molecule has 1 heterocycles. The molecule has 1 atom stereocenters. The molecule has 7 heteroatoms. The summed E-state index contributed by atoms with van der Waals surface area (Å²) in [5.74, 6) is 2.18. The molecule has 3 rings (SSSR count). The lowest BCUT2D eigenvalue weighted by Crippen LogP contribution is -2.31. The van der Waals surface area contributed by atoms with Crippen LogP contribution in [0.25, 0.3) is 5.57 Å². The van der Waals surface area contributed by atoms with Gasteiger partial charge in [-0.1, -0.05) is 42.5 Å². The first kappa shape index (κ1) is 28.3. The zero-order valence-electron chi connectivity index (χ0n) is 22.7. The van der Waals surface area contributed by atoms with Crippen LogP contribution >= 0.6 is 0 Å². The number of allylic oxidation sites excluding steroid dienone is 2. The van der Waals surface area contributed by atoms with Gasteiger partial charge in [0.1, 0.15) is 0 Å². The van der Waals surface area contributed by atoms with Crippen molar-refractivity contribution in [2.24, 2.45) is 0 Å².